The number of para-hydroxylation sites is 1. The molecule has 0 saturated carbocycles. The van der Waals surface area contributed by atoms with Gasteiger partial charge in [0.15, 0.2) is 4.34 Å². The van der Waals surface area contributed by atoms with Gasteiger partial charge in [-0.25, -0.2) is 4.98 Å². The van der Waals surface area contributed by atoms with Gasteiger partial charge in [-0.05, 0) is 42.8 Å². The number of thioether (sulfide) groups is 1. The summed E-state index contributed by atoms with van der Waals surface area (Å²) in [7, 11) is 1.56. The van der Waals surface area contributed by atoms with Gasteiger partial charge >= 0.3 is 0 Å². The third-order valence-corrected chi connectivity index (χ3v) is 6.79. The molecule has 0 aliphatic carbocycles. The van der Waals surface area contributed by atoms with Gasteiger partial charge in [0.25, 0.3) is 5.91 Å². The third kappa shape index (κ3) is 4.44. The lowest BCUT2D eigenvalue weighted by molar-refractivity contribution is 0.102. The number of rotatable bonds is 6. The van der Waals surface area contributed by atoms with Crippen LogP contribution in [-0.4, -0.2) is 18.0 Å². The van der Waals surface area contributed by atoms with E-state index in [9.17, 15) is 4.79 Å². The third-order valence-electron chi connectivity index (χ3n) is 4.52. The molecule has 0 fully saturated rings. The highest BCUT2D eigenvalue weighted by Crippen LogP contribution is 2.39. The Balaban J connectivity index is 1.52. The van der Waals surface area contributed by atoms with Crippen molar-refractivity contribution in [3.8, 4) is 5.75 Å². The maximum atomic E-state index is 12.6. The van der Waals surface area contributed by atoms with Gasteiger partial charge < -0.3 is 10.1 Å². The first-order valence-corrected chi connectivity index (χ1v) is 10.9. The fraction of sp³-hybridized carbons (Fsp3) is 0.130. The molecule has 1 N–H and O–H groups in total. The standard InChI is InChI=1S/C23H20N2O2S2/c1-15(16-8-4-3-5-9-16)28-23-25-19-13-12-17(14-21(19)29-23)24-22(26)18-10-6-7-11-20(18)27-2/h3-15H,1-2H3,(H,24,26)/t15-/m1/s1. The summed E-state index contributed by atoms with van der Waals surface area (Å²) in [5.74, 6) is 0.357. The first-order valence-electron chi connectivity index (χ1n) is 9.20. The number of carbonyl (C=O) groups is 1. The first kappa shape index (κ1) is 19.5. The summed E-state index contributed by atoms with van der Waals surface area (Å²) in [5.41, 5.74) is 3.46. The Bertz CT molecular complexity index is 1140. The molecule has 0 saturated heterocycles. The summed E-state index contributed by atoms with van der Waals surface area (Å²) in [6.07, 6.45) is 0. The molecule has 0 spiro atoms. The number of carbonyl (C=O) groups excluding carboxylic acids is 1. The Morgan fingerprint density at radius 2 is 1.83 bits per heavy atom. The van der Waals surface area contributed by atoms with Crippen molar-refractivity contribution in [2.45, 2.75) is 16.5 Å². The van der Waals surface area contributed by atoms with Gasteiger partial charge in [-0.2, -0.15) is 0 Å². The van der Waals surface area contributed by atoms with Gasteiger partial charge in [0.05, 0.1) is 22.9 Å². The molecule has 146 valence electrons. The van der Waals surface area contributed by atoms with Crippen LogP contribution >= 0.6 is 23.1 Å². The van der Waals surface area contributed by atoms with Gasteiger partial charge in [0.2, 0.25) is 0 Å². The molecule has 4 aromatic rings. The van der Waals surface area contributed by atoms with Crippen molar-refractivity contribution in [1.82, 2.24) is 4.98 Å². The Morgan fingerprint density at radius 1 is 1.07 bits per heavy atom. The van der Waals surface area contributed by atoms with Crippen LogP contribution in [0.2, 0.25) is 0 Å². The fourth-order valence-corrected chi connectivity index (χ4v) is 5.38. The molecule has 1 aromatic heterocycles. The summed E-state index contributed by atoms with van der Waals surface area (Å²) < 4.78 is 7.34. The van der Waals surface area contributed by atoms with E-state index in [2.05, 4.69) is 36.5 Å². The van der Waals surface area contributed by atoms with Crippen LogP contribution in [0.4, 0.5) is 5.69 Å². The Labute approximate surface area is 177 Å². The van der Waals surface area contributed by atoms with Crippen molar-refractivity contribution in [3.63, 3.8) is 0 Å². The summed E-state index contributed by atoms with van der Waals surface area (Å²) >= 11 is 3.39. The van der Waals surface area contributed by atoms with Crippen molar-refractivity contribution >= 4 is 44.9 Å². The molecule has 29 heavy (non-hydrogen) atoms. The zero-order valence-electron chi connectivity index (χ0n) is 16.1. The molecule has 1 heterocycles. The van der Waals surface area contributed by atoms with Crippen LogP contribution in [0.3, 0.4) is 0 Å². The van der Waals surface area contributed by atoms with Crippen LogP contribution < -0.4 is 10.1 Å². The smallest absolute Gasteiger partial charge is 0.259 e. The van der Waals surface area contributed by atoms with E-state index < -0.39 is 0 Å². The molecule has 0 aliphatic heterocycles. The zero-order valence-corrected chi connectivity index (χ0v) is 17.7. The molecule has 0 bridgehead atoms. The second kappa shape index (κ2) is 8.68. The van der Waals surface area contributed by atoms with Crippen LogP contribution in [0, 0.1) is 0 Å². The first-order chi connectivity index (χ1) is 14.1. The number of benzene rings is 3. The van der Waals surface area contributed by atoms with Crippen LogP contribution in [0.1, 0.15) is 28.1 Å². The number of methoxy groups -OCH3 is 1. The average Bonchev–Trinajstić information content (AvgIpc) is 3.15. The molecule has 0 radical (unpaired) electrons. The van der Waals surface area contributed by atoms with E-state index in [0.29, 0.717) is 16.6 Å². The van der Waals surface area contributed by atoms with E-state index in [1.165, 1.54) is 5.56 Å². The highest BCUT2D eigenvalue weighted by Gasteiger charge is 2.14. The van der Waals surface area contributed by atoms with Gasteiger partial charge in [0, 0.05) is 10.9 Å². The number of fused-ring (bicyclic) bond motifs is 1. The van der Waals surface area contributed by atoms with Crippen molar-refractivity contribution in [1.29, 1.82) is 0 Å². The van der Waals surface area contributed by atoms with Crippen LogP contribution in [-0.2, 0) is 0 Å². The number of nitrogens with one attached hydrogen (secondary N) is 1. The molecule has 3 aromatic carbocycles. The number of nitrogens with zero attached hydrogens (tertiary/aromatic N) is 1. The van der Waals surface area contributed by atoms with Crippen LogP contribution in [0.15, 0.2) is 77.1 Å². The maximum Gasteiger partial charge on any atom is 0.259 e. The Kier molecular flexibility index (Phi) is 5.83. The molecule has 1 amide bonds. The largest absolute Gasteiger partial charge is 0.496 e. The maximum absolute atomic E-state index is 12.6. The van der Waals surface area contributed by atoms with E-state index in [-0.39, 0.29) is 5.91 Å². The van der Waals surface area contributed by atoms with E-state index >= 15 is 0 Å². The minimum Gasteiger partial charge on any atom is -0.496 e. The minimum absolute atomic E-state index is 0.196. The summed E-state index contributed by atoms with van der Waals surface area (Å²) in [6.45, 7) is 2.19. The lowest BCUT2D eigenvalue weighted by atomic mass is 10.2. The molecule has 4 rings (SSSR count). The zero-order chi connectivity index (χ0) is 20.2. The van der Waals surface area contributed by atoms with E-state index in [1.54, 1.807) is 42.3 Å². The quantitative estimate of drug-likeness (QED) is 0.366. The molecule has 6 heteroatoms. The number of amides is 1. The topological polar surface area (TPSA) is 51.2 Å². The number of hydrogen-bond acceptors (Lipinski definition) is 5. The number of hydrogen-bond donors (Lipinski definition) is 1. The summed E-state index contributed by atoms with van der Waals surface area (Å²) in [6, 6.07) is 23.4. The normalized spacial score (nSPS) is 11.9. The highest BCUT2D eigenvalue weighted by molar-refractivity contribution is 8.01. The summed E-state index contributed by atoms with van der Waals surface area (Å²) in [5, 5.41) is 3.27. The van der Waals surface area contributed by atoms with Crippen molar-refractivity contribution in [2.75, 3.05) is 12.4 Å². The second-order valence-corrected chi connectivity index (χ2v) is 9.11. The van der Waals surface area contributed by atoms with Gasteiger partial charge in [0.1, 0.15) is 5.75 Å². The van der Waals surface area contributed by atoms with E-state index in [0.717, 1.165) is 20.2 Å². The van der Waals surface area contributed by atoms with Gasteiger partial charge in [-0.15, -0.1) is 11.3 Å². The lowest BCUT2D eigenvalue weighted by Gasteiger charge is -2.09. The number of ether oxygens (including phenoxy) is 1. The fourth-order valence-electron chi connectivity index (χ4n) is 3.01. The average molecular weight is 421 g/mol. The molecule has 0 aliphatic rings. The molecular formula is C23H20N2O2S2. The number of thiazole rings is 1. The number of anilines is 1. The van der Waals surface area contributed by atoms with E-state index in [4.69, 9.17) is 9.72 Å². The van der Waals surface area contributed by atoms with Crippen molar-refractivity contribution in [2.24, 2.45) is 0 Å². The SMILES string of the molecule is COc1ccccc1C(=O)Nc1ccc2nc(S[C@H](C)c3ccccc3)sc2c1. The molecule has 4 nitrogen and oxygen atoms in total. The monoisotopic (exact) mass is 420 g/mol. The van der Waals surface area contributed by atoms with Crippen LogP contribution in [0.5, 0.6) is 5.75 Å². The lowest BCUT2D eigenvalue weighted by Crippen LogP contribution is -2.12. The van der Waals surface area contributed by atoms with Crippen molar-refractivity contribution < 1.29 is 9.53 Å². The molecule has 1 atom stereocenters. The highest BCUT2D eigenvalue weighted by atomic mass is 32.2. The molecule has 0 unspecified atom stereocenters. The Hall–Kier alpha value is -2.83. The van der Waals surface area contributed by atoms with Crippen molar-refractivity contribution in [3.05, 3.63) is 83.9 Å². The van der Waals surface area contributed by atoms with Gasteiger partial charge in [-0.3, -0.25) is 4.79 Å². The summed E-state index contributed by atoms with van der Waals surface area (Å²) in [4.78, 5) is 17.4. The predicted molar refractivity (Wildman–Crippen MR) is 121 cm³/mol. The van der Waals surface area contributed by atoms with Gasteiger partial charge in [-0.1, -0.05) is 54.2 Å². The van der Waals surface area contributed by atoms with Crippen LogP contribution in [0.25, 0.3) is 10.2 Å². The Morgan fingerprint density at radius 3 is 2.62 bits per heavy atom. The molecular weight excluding hydrogens is 400 g/mol. The number of aromatic nitrogens is 1. The minimum atomic E-state index is -0.196. The predicted octanol–water partition coefficient (Wildman–Crippen LogP) is 6.41. The second-order valence-electron chi connectivity index (χ2n) is 6.49. The van der Waals surface area contributed by atoms with E-state index in [1.807, 2.05) is 36.4 Å².